The smallest absolute Gasteiger partial charge is 0.134 e. The predicted molar refractivity (Wildman–Crippen MR) is 70.5 cm³/mol. The first-order chi connectivity index (χ1) is 8.24. The first-order valence-electron chi connectivity index (χ1n) is 5.51. The molecule has 2 aromatic rings. The highest BCUT2D eigenvalue weighted by Gasteiger charge is 2.21. The molecule has 2 rings (SSSR count). The number of nitrogens with two attached hydrogens (primary N) is 1. The number of thiophene rings is 1. The molecule has 3 nitrogen and oxygen atoms in total. The van der Waals surface area contributed by atoms with E-state index in [0.29, 0.717) is 0 Å². The lowest BCUT2D eigenvalue weighted by Gasteiger charge is -2.20. The van der Waals surface area contributed by atoms with Crippen molar-refractivity contribution in [3.8, 4) is 5.75 Å². The monoisotopic (exact) mass is 248 g/mol. The van der Waals surface area contributed by atoms with Crippen molar-refractivity contribution in [2.45, 2.75) is 18.9 Å². The van der Waals surface area contributed by atoms with Crippen LogP contribution in [0.25, 0.3) is 0 Å². The summed E-state index contributed by atoms with van der Waals surface area (Å²) in [6.45, 7) is 2.12. The third-order valence-electron chi connectivity index (χ3n) is 2.95. The van der Waals surface area contributed by atoms with E-state index in [1.165, 1.54) is 5.56 Å². The van der Waals surface area contributed by atoms with Crippen molar-refractivity contribution in [1.82, 2.24) is 4.98 Å². The average molecular weight is 248 g/mol. The lowest BCUT2D eigenvalue weighted by Crippen LogP contribution is -2.17. The Kier molecular flexibility index (Phi) is 3.76. The molecule has 0 aliphatic heterocycles. The quantitative estimate of drug-likeness (QED) is 0.905. The zero-order chi connectivity index (χ0) is 12.3. The van der Waals surface area contributed by atoms with Crippen molar-refractivity contribution in [3.63, 3.8) is 0 Å². The van der Waals surface area contributed by atoms with Crippen LogP contribution in [0, 0.1) is 0 Å². The maximum Gasteiger partial charge on any atom is 0.134 e. The molecular weight excluding hydrogens is 232 g/mol. The molecule has 0 aliphatic rings. The van der Waals surface area contributed by atoms with Crippen LogP contribution in [0.4, 0.5) is 0 Å². The van der Waals surface area contributed by atoms with Gasteiger partial charge < -0.3 is 10.5 Å². The molecule has 2 heterocycles. The van der Waals surface area contributed by atoms with Crippen LogP contribution in [-0.4, -0.2) is 12.1 Å². The Morgan fingerprint density at radius 2 is 2.00 bits per heavy atom. The summed E-state index contributed by atoms with van der Waals surface area (Å²) in [4.78, 5) is 5.11. The van der Waals surface area contributed by atoms with Crippen LogP contribution in [0.5, 0.6) is 5.75 Å². The van der Waals surface area contributed by atoms with E-state index < -0.39 is 0 Å². The summed E-state index contributed by atoms with van der Waals surface area (Å²) in [5.74, 6) is 1.12. The summed E-state index contributed by atoms with van der Waals surface area (Å²) in [5.41, 5.74) is 7.50. The molecule has 0 spiro atoms. The molecule has 0 radical (unpaired) electrons. The maximum atomic E-state index is 6.30. The van der Waals surface area contributed by atoms with Crippen molar-refractivity contribution >= 4 is 11.3 Å². The van der Waals surface area contributed by atoms with Gasteiger partial charge in [-0.25, -0.2) is 0 Å². The minimum atomic E-state index is -0.0488. The van der Waals surface area contributed by atoms with Gasteiger partial charge in [0, 0.05) is 24.4 Å². The van der Waals surface area contributed by atoms with Gasteiger partial charge in [-0.3, -0.25) is 4.98 Å². The summed E-state index contributed by atoms with van der Waals surface area (Å²) in [6, 6.07) is 5.92. The number of methoxy groups -OCH3 is 1. The molecule has 0 aromatic carbocycles. The molecular formula is C13H16N2OS. The van der Waals surface area contributed by atoms with E-state index >= 15 is 0 Å². The second-order valence-corrected chi connectivity index (χ2v) is 4.90. The number of pyridine rings is 1. The average Bonchev–Trinajstić information content (AvgIpc) is 2.86. The summed E-state index contributed by atoms with van der Waals surface area (Å²) in [5, 5.41) is 2.01. The summed E-state index contributed by atoms with van der Waals surface area (Å²) in [6.07, 6.45) is 3.59. The van der Waals surface area contributed by atoms with Crippen LogP contribution in [0.15, 0.2) is 36.0 Å². The van der Waals surface area contributed by atoms with Crippen LogP contribution in [0.3, 0.4) is 0 Å². The molecule has 2 N–H and O–H groups in total. The number of rotatable bonds is 4. The predicted octanol–water partition coefficient (Wildman–Crippen LogP) is 2.96. The fraction of sp³-hybridized carbons (Fsp3) is 0.308. The van der Waals surface area contributed by atoms with Crippen LogP contribution in [0.1, 0.15) is 29.3 Å². The van der Waals surface area contributed by atoms with E-state index in [0.717, 1.165) is 10.6 Å². The van der Waals surface area contributed by atoms with Crippen molar-refractivity contribution in [2.75, 3.05) is 7.11 Å². The van der Waals surface area contributed by atoms with E-state index in [4.69, 9.17) is 10.5 Å². The molecule has 2 aromatic heterocycles. The van der Waals surface area contributed by atoms with Crippen molar-refractivity contribution in [1.29, 1.82) is 0 Å². The highest BCUT2D eigenvalue weighted by Crippen LogP contribution is 2.37. The Morgan fingerprint density at radius 3 is 2.65 bits per heavy atom. The van der Waals surface area contributed by atoms with Crippen molar-refractivity contribution in [2.24, 2.45) is 5.73 Å². The number of hydrogen-bond acceptors (Lipinski definition) is 4. The Labute approximate surface area is 105 Å². The normalized spacial score (nSPS) is 14.3. The van der Waals surface area contributed by atoms with E-state index in [-0.39, 0.29) is 12.0 Å². The summed E-state index contributed by atoms with van der Waals surface area (Å²) < 4.78 is 5.31. The molecule has 0 fully saturated rings. The van der Waals surface area contributed by atoms with Crippen LogP contribution in [0.2, 0.25) is 0 Å². The molecule has 0 aliphatic carbocycles. The van der Waals surface area contributed by atoms with Crippen molar-refractivity contribution in [3.05, 3.63) is 46.4 Å². The van der Waals surface area contributed by atoms with Crippen molar-refractivity contribution < 1.29 is 4.74 Å². The summed E-state index contributed by atoms with van der Waals surface area (Å²) in [7, 11) is 1.68. The van der Waals surface area contributed by atoms with Crippen LogP contribution < -0.4 is 10.5 Å². The topological polar surface area (TPSA) is 48.1 Å². The highest BCUT2D eigenvalue weighted by atomic mass is 32.1. The van der Waals surface area contributed by atoms with Gasteiger partial charge in [-0.2, -0.15) is 0 Å². The molecule has 0 bridgehead atoms. The second-order valence-electron chi connectivity index (χ2n) is 3.95. The SMILES string of the molecule is COc1ccsc1C(N)C(C)c1ccncc1. The van der Waals surface area contributed by atoms with Crippen LogP contribution >= 0.6 is 11.3 Å². The van der Waals surface area contributed by atoms with E-state index in [1.807, 2.05) is 23.6 Å². The fourth-order valence-corrected chi connectivity index (χ4v) is 2.79. The number of hydrogen-bond donors (Lipinski definition) is 1. The molecule has 0 amide bonds. The molecule has 17 heavy (non-hydrogen) atoms. The first kappa shape index (κ1) is 12.1. The first-order valence-corrected chi connectivity index (χ1v) is 6.39. The number of aromatic nitrogens is 1. The van der Waals surface area contributed by atoms with E-state index in [2.05, 4.69) is 11.9 Å². The third kappa shape index (κ3) is 2.48. The van der Waals surface area contributed by atoms with Gasteiger partial charge in [-0.1, -0.05) is 6.92 Å². The Bertz CT molecular complexity index is 469. The maximum absolute atomic E-state index is 6.30. The van der Waals surface area contributed by atoms with E-state index in [9.17, 15) is 0 Å². The molecule has 2 atom stereocenters. The minimum Gasteiger partial charge on any atom is -0.496 e. The standard InChI is InChI=1S/C13H16N2OS/c1-9(10-3-6-15-7-4-10)12(14)13-11(16-2)5-8-17-13/h3-9,12H,14H2,1-2H3. The third-order valence-corrected chi connectivity index (χ3v) is 3.95. The molecule has 0 saturated heterocycles. The zero-order valence-electron chi connectivity index (χ0n) is 9.96. The van der Waals surface area contributed by atoms with Gasteiger partial charge >= 0.3 is 0 Å². The van der Waals surface area contributed by atoms with Gasteiger partial charge in [-0.15, -0.1) is 11.3 Å². The van der Waals surface area contributed by atoms with Gasteiger partial charge in [-0.05, 0) is 29.1 Å². The molecule has 90 valence electrons. The van der Waals surface area contributed by atoms with Crippen LogP contribution in [-0.2, 0) is 0 Å². The largest absolute Gasteiger partial charge is 0.496 e. The fourth-order valence-electron chi connectivity index (χ4n) is 1.82. The zero-order valence-corrected chi connectivity index (χ0v) is 10.8. The van der Waals surface area contributed by atoms with Gasteiger partial charge in [0.05, 0.1) is 12.0 Å². The highest BCUT2D eigenvalue weighted by molar-refractivity contribution is 7.10. The van der Waals surface area contributed by atoms with Gasteiger partial charge in [0.25, 0.3) is 0 Å². The second kappa shape index (κ2) is 5.29. The van der Waals surface area contributed by atoms with Gasteiger partial charge in [0.15, 0.2) is 0 Å². The molecule has 2 unspecified atom stereocenters. The lowest BCUT2D eigenvalue weighted by atomic mass is 9.93. The van der Waals surface area contributed by atoms with E-state index in [1.54, 1.807) is 30.8 Å². The lowest BCUT2D eigenvalue weighted by molar-refractivity contribution is 0.406. The Balaban J connectivity index is 2.23. The Hall–Kier alpha value is -1.39. The number of nitrogens with zero attached hydrogens (tertiary/aromatic N) is 1. The minimum absolute atomic E-state index is 0.0488. The Morgan fingerprint density at radius 1 is 1.29 bits per heavy atom. The summed E-state index contributed by atoms with van der Waals surface area (Å²) >= 11 is 1.64. The molecule has 0 saturated carbocycles. The van der Waals surface area contributed by atoms with Gasteiger partial charge in [0.1, 0.15) is 5.75 Å². The molecule has 4 heteroatoms. The van der Waals surface area contributed by atoms with Gasteiger partial charge in [0.2, 0.25) is 0 Å². The number of ether oxygens (including phenoxy) is 1.